The van der Waals surface area contributed by atoms with Gasteiger partial charge in [0.25, 0.3) is 0 Å². The largest absolute Gasteiger partial charge is 0.480 e. The van der Waals surface area contributed by atoms with Gasteiger partial charge in [-0.1, -0.05) is 20.3 Å². The smallest absolute Gasteiger partial charge is 0.319 e. The SMILES string of the molecule is CC(C)C(C)NC(=O)C1(C(=O)O)CCC1. The van der Waals surface area contributed by atoms with Crippen molar-refractivity contribution in [2.45, 2.75) is 46.1 Å². The molecule has 1 rings (SSSR count). The van der Waals surface area contributed by atoms with Gasteiger partial charge in [0.15, 0.2) is 0 Å². The minimum absolute atomic E-state index is 0.0225. The van der Waals surface area contributed by atoms with Gasteiger partial charge in [-0.15, -0.1) is 0 Å². The molecule has 1 fully saturated rings. The van der Waals surface area contributed by atoms with Gasteiger partial charge in [0, 0.05) is 6.04 Å². The molecule has 1 aliphatic carbocycles. The molecule has 0 aromatic carbocycles. The zero-order valence-corrected chi connectivity index (χ0v) is 9.54. The molecule has 1 amide bonds. The number of carbonyl (C=O) groups is 2. The van der Waals surface area contributed by atoms with Crippen LogP contribution in [0.1, 0.15) is 40.0 Å². The van der Waals surface area contributed by atoms with Crippen molar-refractivity contribution >= 4 is 11.9 Å². The van der Waals surface area contributed by atoms with E-state index in [0.29, 0.717) is 18.8 Å². The molecule has 86 valence electrons. The Hall–Kier alpha value is -1.06. The maximum atomic E-state index is 11.8. The summed E-state index contributed by atoms with van der Waals surface area (Å²) in [5.41, 5.74) is -1.14. The summed E-state index contributed by atoms with van der Waals surface area (Å²) in [5.74, 6) is -0.982. The van der Waals surface area contributed by atoms with Crippen molar-refractivity contribution in [3.63, 3.8) is 0 Å². The van der Waals surface area contributed by atoms with Crippen LogP contribution in [0, 0.1) is 11.3 Å². The van der Waals surface area contributed by atoms with Gasteiger partial charge >= 0.3 is 5.97 Å². The normalized spacial score (nSPS) is 20.5. The molecule has 4 nitrogen and oxygen atoms in total. The molecule has 1 aliphatic rings. The molecule has 0 spiro atoms. The molecule has 2 N–H and O–H groups in total. The summed E-state index contributed by atoms with van der Waals surface area (Å²) >= 11 is 0. The Balaban J connectivity index is 2.63. The second kappa shape index (κ2) is 4.21. The molecule has 15 heavy (non-hydrogen) atoms. The Morgan fingerprint density at radius 1 is 1.27 bits per heavy atom. The van der Waals surface area contributed by atoms with Crippen LogP contribution in [0.4, 0.5) is 0 Å². The van der Waals surface area contributed by atoms with E-state index >= 15 is 0 Å². The lowest BCUT2D eigenvalue weighted by molar-refractivity contribution is -0.162. The second-order valence-electron chi connectivity index (χ2n) is 4.75. The van der Waals surface area contributed by atoms with Crippen molar-refractivity contribution in [1.82, 2.24) is 5.32 Å². The molecule has 0 aromatic heterocycles. The van der Waals surface area contributed by atoms with E-state index in [1.54, 1.807) is 0 Å². The number of carboxylic acid groups (broad SMARTS) is 1. The van der Waals surface area contributed by atoms with E-state index in [-0.39, 0.29) is 11.9 Å². The van der Waals surface area contributed by atoms with Gasteiger partial charge in [0.2, 0.25) is 5.91 Å². The number of carboxylic acids is 1. The first-order chi connectivity index (χ1) is 6.90. The lowest BCUT2D eigenvalue weighted by atomic mass is 9.68. The van der Waals surface area contributed by atoms with Gasteiger partial charge < -0.3 is 10.4 Å². The number of amides is 1. The first kappa shape index (κ1) is 12.0. The Labute approximate surface area is 90.0 Å². The van der Waals surface area contributed by atoms with Gasteiger partial charge in [-0.25, -0.2) is 0 Å². The van der Waals surface area contributed by atoms with Crippen molar-refractivity contribution in [3.8, 4) is 0 Å². The van der Waals surface area contributed by atoms with Crippen molar-refractivity contribution in [2.75, 3.05) is 0 Å². The van der Waals surface area contributed by atoms with Gasteiger partial charge in [-0.2, -0.15) is 0 Å². The van der Waals surface area contributed by atoms with Gasteiger partial charge in [0.1, 0.15) is 5.41 Å². The highest BCUT2D eigenvalue weighted by Crippen LogP contribution is 2.41. The Morgan fingerprint density at radius 3 is 2.07 bits per heavy atom. The van der Waals surface area contributed by atoms with Crippen LogP contribution in [0.15, 0.2) is 0 Å². The molecule has 0 radical (unpaired) electrons. The number of nitrogens with one attached hydrogen (secondary N) is 1. The third-order valence-electron chi connectivity index (χ3n) is 3.41. The minimum Gasteiger partial charge on any atom is -0.480 e. The quantitative estimate of drug-likeness (QED) is 0.694. The summed E-state index contributed by atoms with van der Waals surface area (Å²) < 4.78 is 0. The average Bonchev–Trinajstić information content (AvgIpc) is 2.00. The van der Waals surface area contributed by atoms with Crippen LogP contribution in [-0.2, 0) is 9.59 Å². The zero-order chi connectivity index (χ0) is 11.6. The molecule has 1 atom stereocenters. The Morgan fingerprint density at radius 2 is 1.80 bits per heavy atom. The number of hydrogen-bond donors (Lipinski definition) is 2. The third-order valence-corrected chi connectivity index (χ3v) is 3.41. The van der Waals surface area contributed by atoms with Crippen molar-refractivity contribution in [2.24, 2.45) is 11.3 Å². The van der Waals surface area contributed by atoms with E-state index in [9.17, 15) is 9.59 Å². The van der Waals surface area contributed by atoms with Crippen LogP contribution in [0.3, 0.4) is 0 Å². The topological polar surface area (TPSA) is 66.4 Å². The molecule has 0 saturated heterocycles. The predicted octanol–water partition coefficient (Wildman–Crippen LogP) is 1.40. The Bertz CT molecular complexity index is 269. The van der Waals surface area contributed by atoms with E-state index in [1.165, 1.54) is 0 Å². The number of hydrogen-bond acceptors (Lipinski definition) is 2. The highest BCUT2D eigenvalue weighted by atomic mass is 16.4. The summed E-state index contributed by atoms with van der Waals surface area (Å²) in [6.45, 7) is 5.90. The van der Waals surface area contributed by atoms with E-state index in [0.717, 1.165) is 6.42 Å². The van der Waals surface area contributed by atoms with E-state index < -0.39 is 11.4 Å². The van der Waals surface area contributed by atoms with Crippen molar-refractivity contribution in [3.05, 3.63) is 0 Å². The van der Waals surface area contributed by atoms with Gasteiger partial charge in [0.05, 0.1) is 0 Å². The summed E-state index contributed by atoms with van der Waals surface area (Å²) in [4.78, 5) is 22.8. The summed E-state index contributed by atoms with van der Waals surface area (Å²) in [6, 6.07) is 0.0225. The molecular formula is C11H19NO3. The number of carbonyl (C=O) groups excluding carboxylic acids is 1. The van der Waals surface area contributed by atoms with Crippen molar-refractivity contribution < 1.29 is 14.7 Å². The maximum absolute atomic E-state index is 11.8. The lowest BCUT2D eigenvalue weighted by Gasteiger charge is -2.37. The fourth-order valence-electron chi connectivity index (χ4n) is 1.58. The summed E-state index contributed by atoms with van der Waals surface area (Å²) in [6.07, 6.45) is 1.77. The highest BCUT2D eigenvalue weighted by Gasteiger charge is 2.51. The molecule has 0 aliphatic heterocycles. The Kier molecular flexibility index (Phi) is 3.37. The molecule has 4 heteroatoms. The lowest BCUT2D eigenvalue weighted by Crippen LogP contribution is -2.53. The summed E-state index contributed by atoms with van der Waals surface area (Å²) in [7, 11) is 0. The van der Waals surface area contributed by atoms with E-state index in [4.69, 9.17) is 5.11 Å². The second-order valence-corrected chi connectivity index (χ2v) is 4.75. The van der Waals surface area contributed by atoms with Gasteiger partial charge in [-0.3, -0.25) is 9.59 Å². The minimum atomic E-state index is -1.14. The number of aliphatic carboxylic acids is 1. The third kappa shape index (κ3) is 2.13. The molecular weight excluding hydrogens is 194 g/mol. The fraction of sp³-hybridized carbons (Fsp3) is 0.818. The maximum Gasteiger partial charge on any atom is 0.319 e. The molecule has 0 heterocycles. The molecule has 1 unspecified atom stereocenters. The van der Waals surface area contributed by atoms with Crippen LogP contribution >= 0.6 is 0 Å². The van der Waals surface area contributed by atoms with E-state index in [2.05, 4.69) is 5.32 Å². The van der Waals surface area contributed by atoms with Crippen LogP contribution in [0.5, 0.6) is 0 Å². The monoisotopic (exact) mass is 213 g/mol. The summed E-state index contributed by atoms with van der Waals surface area (Å²) in [5, 5.41) is 11.8. The molecule has 0 bridgehead atoms. The van der Waals surface area contributed by atoms with Crippen LogP contribution in [0.2, 0.25) is 0 Å². The molecule has 0 aromatic rings. The van der Waals surface area contributed by atoms with E-state index in [1.807, 2.05) is 20.8 Å². The highest BCUT2D eigenvalue weighted by molar-refractivity contribution is 6.02. The first-order valence-electron chi connectivity index (χ1n) is 5.44. The average molecular weight is 213 g/mol. The van der Waals surface area contributed by atoms with Crippen LogP contribution < -0.4 is 5.32 Å². The standard InChI is InChI=1S/C11H19NO3/c1-7(2)8(3)12-9(13)11(10(14)15)5-4-6-11/h7-8H,4-6H2,1-3H3,(H,12,13)(H,14,15). The fourth-order valence-corrected chi connectivity index (χ4v) is 1.58. The predicted molar refractivity (Wildman–Crippen MR) is 56.4 cm³/mol. The first-order valence-corrected chi connectivity index (χ1v) is 5.44. The van der Waals surface area contributed by atoms with Crippen LogP contribution in [-0.4, -0.2) is 23.0 Å². The van der Waals surface area contributed by atoms with Gasteiger partial charge in [-0.05, 0) is 25.7 Å². The zero-order valence-electron chi connectivity index (χ0n) is 9.54. The number of rotatable bonds is 4. The molecule has 1 saturated carbocycles. The van der Waals surface area contributed by atoms with Crippen LogP contribution in [0.25, 0.3) is 0 Å². The van der Waals surface area contributed by atoms with Crippen molar-refractivity contribution in [1.29, 1.82) is 0 Å².